The fourth-order valence-electron chi connectivity index (χ4n) is 2.15. The van der Waals surface area contributed by atoms with E-state index in [4.69, 9.17) is 23.8 Å². The third-order valence-corrected chi connectivity index (χ3v) is 4.58. The summed E-state index contributed by atoms with van der Waals surface area (Å²) >= 11 is 12.8. The Morgan fingerprint density at radius 2 is 2.00 bits per heavy atom. The van der Waals surface area contributed by atoms with Crippen LogP contribution in [0.25, 0.3) is 10.1 Å². The molecule has 1 atom stereocenters. The summed E-state index contributed by atoms with van der Waals surface area (Å²) in [5.74, 6) is 0. The highest BCUT2D eigenvalue weighted by molar-refractivity contribution is 7.80. The molecule has 1 heterocycles. The fraction of sp³-hybridized carbons (Fsp3) is 0.125. The van der Waals surface area contributed by atoms with Gasteiger partial charge in [0.15, 0.2) is 5.11 Å². The maximum absolute atomic E-state index is 5.90. The second-order valence-electron chi connectivity index (χ2n) is 4.95. The molecule has 0 radical (unpaired) electrons. The van der Waals surface area contributed by atoms with Crippen molar-refractivity contribution in [2.45, 2.75) is 13.0 Å². The van der Waals surface area contributed by atoms with Crippen molar-refractivity contribution < 1.29 is 0 Å². The minimum absolute atomic E-state index is 0.101. The first-order valence-corrected chi connectivity index (χ1v) is 8.35. The molecule has 0 aliphatic heterocycles. The molecule has 2 N–H and O–H groups in total. The highest BCUT2D eigenvalue weighted by atomic mass is 35.5. The van der Waals surface area contributed by atoms with Gasteiger partial charge >= 0.3 is 0 Å². The monoisotopic (exact) mass is 347 g/mol. The zero-order valence-corrected chi connectivity index (χ0v) is 14.2. The topological polar surface area (TPSA) is 37.0 Å². The van der Waals surface area contributed by atoms with Crippen LogP contribution in [0.5, 0.6) is 0 Å². The standard InChI is InChI=1S/C16H14ClN3S2/c1-10(11-2-4-13(17)5-3-11)19-16(21)20-14-6-7-15-12(8-14)9-18-22-15/h2-10H,1H3,(H2,19,20,21)/t10-/m0/s1. The van der Waals surface area contributed by atoms with Crippen molar-refractivity contribution >= 4 is 56.2 Å². The van der Waals surface area contributed by atoms with Crippen LogP contribution < -0.4 is 10.6 Å². The first-order chi connectivity index (χ1) is 10.6. The van der Waals surface area contributed by atoms with Crippen molar-refractivity contribution in [1.82, 2.24) is 9.69 Å². The van der Waals surface area contributed by atoms with Gasteiger partial charge in [-0.05, 0) is 66.6 Å². The smallest absolute Gasteiger partial charge is 0.171 e. The summed E-state index contributed by atoms with van der Waals surface area (Å²) in [7, 11) is 0. The van der Waals surface area contributed by atoms with Crippen LogP contribution >= 0.6 is 35.4 Å². The molecule has 22 heavy (non-hydrogen) atoms. The van der Waals surface area contributed by atoms with Gasteiger partial charge in [0.1, 0.15) is 0 Å². The molecule has 6 heteroatoms. The minimum atomic E-state index is 0.101. The van der Waals surface area contributed by atoms with E-state index in [9.17, 15) is 0 Å². The van der Waals surface area contributed by atoms with Gasteiger partial charge < -0.3 is 10.6 Å². The molecule has 0 amide bonds. The molecule has 3 nitrogen and oxygen atoms in total. The second kappa shape index (κ2) is 6.60. The van der Waals surface area contributed by atoms with Gasteiger partial charge in [-0.15, -0.1) is 0 Å². The predicted molar refractivity (Wildman–Crippen MR) is 98.8 cm³/mol. The summed E-state index contributed by atoms with van der Waals surface area (Å²) in [6.07, 6.45) is 1.86. The Hall–Kier alpha value is -1.69. The predicted octanol–water partition coefficient (Wildman–Crippen LogP) is 5.00. The first-order valence-electron chi connectivity index (χ1n) is 6.79. The lowest BCUT2D eigenvalue weighted by atomic mass is 10.1. The number of halogens is 1. The number of thiocarbonyl (C=S) groups is 1. The molecule has 2 aromatic carbocycles. The Labute approximate surface area is 143 Å². The van der Waals surface area contributed by atoms with E-state index in [-0.39, 0.29) is 6.04 Å². The van der Waals surface area contributed by atoms with Gasteiger partial charge in [-0.25, -0.2) is 0 Å². The van der Waals surface area contributed by atoms with E-state index >= 15 is 0 Å². The largest absolute Gasteiger partial charge is 0.356 e. The van der Waals surface area contributed by atoms with Crippen molar-refractivity contribution in [3.63, 3.8) is 0 Å². The minimum Gasteiger partial charge on any atom is -0.356 e. The summed E-state index contributed by atoms with van der Waals surface area (Å²) in [5.41, 5.74) is 2.08. The van der Waals surface area contributed by atoms with Crippen LogP contribution in [0.1, 0.15) is 18.5 Å². The van der Waals surface area contributed by atoms with Gasteiger partial charge in [-0.3, -0.25) is 0 Å². The molecule has 112 valence electrons. The number of nitrogens with one attached hydrogen (secondary N) is 2. The lowest BCUT2D eigenvalue weighted by molar-refractivity contribution is 0.723. The Kier molecular flexibility index (Phi) is 4.57. The van der Waals surface area contributed by atoms with Crippen LogP contribution in [0.4, 0.5) is 5.69 Å². The van der Waals surface area contributed by atoms with E-state index in [1.807, 2.05) is 48.7 Å². The van der Waals surface area contributed by atoms with Crippen molar-refractivity contribution in [3.05, 3.63) is 59.2 Å². The Balaban J connectivity index is 1.65. The molecule has 1 aromatic heterocycles. The van der Waals surface area contributed by atoms with E-state index in [0.717, 1.165) is 21.7 Å². The van der Waals surface area contributed by atoms with Crippen LogP contribution in [-0.2, 0) is 0 Å². The molecule has 0 aliphatic carbocycles. The molecular formula is C16H14ClN3S2. The third kappa shape index (κ3) is 3.55. The Morgan fingerprint density at radius 3 is 2.77 bits per heavy atom. The number of rotatable bonds is 3. The molecule has 3 aromatic rings. The summed E-state index contributed by atoms with van der Waals surface area (Å²) in [4.78, 5) is 0. The van der Waals surface area contributed by atoms with Gasteiger partial charge in [-0.2, -0.15) is 4.37 Å². The van der Waals surface area contributed by atoms with E-state index in [0.29, 0.717) is 5.11 Å². The van der Waals surface area contributed by atoms with Crippen LogP contribution in [0, 0.1) is 0 Å². The maximum atomic E-state index is 5.90. The highest BCUT2D eigenvalue weighted by Crippen LogP contribution is 2.22. The van der Waals surface area contributed by atoms with Crippen LogP contribution in [0.15, 0.2) is 48.7 Å². The van der Waals surface area contributed by atoms with E-state index < -0.39 is 0 Å². The van der Waals surface area contributed by atoms with Crippen molar-refractivity contribution in [2.75, 3.05) is 5.32 Å². The summed E-state index contributed by atoms with van der Waals surface area (Å²) in [6, 6.07) is 13.9. The Bertz CT molecular complexity index is 799. The highest BCUT2D eigenvalue weighted by Gasteiger charge is 2.07. The van der Waals surface area contributed by atoms with E-state index in [1.165, 1.54) is 16.2 Å². The van der Waals surface area contributed by atoms with Gasteiger partial charge in [-0.1, -0.05) is 23.7 Å². The molecule has 0 spiro atoms. The third-order valence-electron chi connectivity index (χ3n) is 3.33. The number of fused-ring (bicyclic) bond motifs is 1. The number of nitrogens with zero attached hydrogens (tertiary/aromatic N) is 1. The summed E-state index contributed by atoms with van der Waals surface area (Å²) in [6.45, 7) is 2.06. The molecule has 0 saturated carbocycles. The molecular weight excluding hydrogens is 334 g/mol. The van der Waals surface area contributed by atoms with Gasteiger partial charge in [0, 0.05) is 22.3 Å². The SMILES string of the molecule is C[C@H](NC(=S)Nc1ccc2sncc2c1)c1ccc(Cl)cc1. The number of hydrogen-bond acceptors (Lipinski definition) is 3. The number of hydrogen-bond donors (Lipinski definition) is 2. The molecule has 0 saturated heterocycles. The molecule has 3 rings (SSSR count). The molecule has 0 unspecified atom stereocenters. The quantitative estimate of drug-likeness (QED) is 0.654. The normalized spacial score (nSPS) is 12.1. The lowest BCUT2D eigenvalue weighted by Gasteiger charge is -2.17. The fourth-order valence-corrected chi connectivity index (χ4v) is 3.20. The van der Waals surface area contributed by atoms with Crippen LogP contribution in [-0.4, -0.2) is 9.49 Å². The zero-order chi connectivity index (χ0) is 15.5. The zero-order valence-electron chi connectivity index (χ0n) is 11.8. The number of aromatic nitrogens is 1. The molecule has 0 fully saturated rings. The van der Waals surface area contributed by atoms with E-state index in [1.54, 1.807) is 0 Å². The average Bonchev–Trinajstić information content (AvgIpc) is 2.95. The number of benzene rings is 2. The molecule has 0 bridgehead atoms. The maximum Gasteiger partial charge on any atom is 0.171 e. The molecule has 0 aliphatic rings. The summed E-state index contributed by atoms with van der Waals surface area (Å²) < 4.78 is 5.34. The van der Waals surface area contributed by atoms with Crippen molar-refractivity contribution in [3.8, 4) is 0 Å². The second-order valence-corrected chi connectivity index (χ2v) is 6.63. The Morgan fingerprint density at radius 1 is 1.23 bits per heavy atom. The van der Waals surface area contributed by atoms with Gasteiger partial charge in [0.05, 0.1) is 10.7 Å². The van der Waals surface area contributed by atoms with Crippen LogP contribution in [0.2, 0.25) is 5.02 Å². The first kappa shape index (κ1) is 15.2. The van der Waals surface area contributed by atoms with Crippen molar-refractivity contribution in [1.29, 1.82) is 0 Å². The van der Waals surface area contributed by atoms with Crippen LogP contribution in [0.3, 0.4) is 0 Å². The van der Waals surface area contributed by atoms with Crippen molar-refractivity contribution in [2.24, 2.45) is 0 Å². The lowest BCUT2D eigenvalue weighted by Crippen LogP contribution is -2.30. The van der Waals surface area contributed by atoms with Gasteiger partial charge in [0.25, 0.3) is 0 Å². The summed E-state index contributed by atoms with van der Waals surface area (Å²) in [5, 5.41) is 8.91. The van der Waals surface area contributed by atoms with E-state index in [2.05, 4.69) is 21.9 Å². The average molecular weight is 348 g/mol. The van der Waals surface area contributed by atoms with Gasteiger partial charge in [0.2, 0.25) is 0 Å². The number of anilines is 1.